The van der Waals surface area contributed by atoms with Gasteiger partial charge in [-0.25, -0.2) is 0 Å². The van der Waals surface area contributed by atoms with Gasteiger partial charge in [-0.15, -0.1) is 0 Å². The fraction of sp³-hybridized carbons (Fsp3) is 0.0526. The Kier molecular flexibility index (Phi) is 4.75. The van der Waals surface area contributed by atoms with Crippen LogP contribution in [0.2, 0.25) is 0 Å². The second kappa shape index (κ2) is 6.94. The summed E-state index contributed by atoms with van der Waals surface area (Å²) in [6.45, 7) is 0.0646. The minimum Gasteiger partial charge on any atom is -0.392 e. The Hall–Kier alpha value is -1.85. The third-order valence-electron chi connectivity index (χ3n) is 3.48. The Balaban J connectivity index is 2.07. The van der Waals surface area contributed by atoms with Crippen LogP contribution in [0.4, 0.5) is 17.1 Å². The Morgan fingerprint density at radius 1 is 0.682 bits per heavy atom. The zero-order chi connectivity index (χ0) is 15.4. The number of hydrogen-bond donors (Lipinski definition) is 1. The molecule has 0 aliphatic rings. The zero-order valence-electron chi connectivity index (χ0n) is 12.0. The third-order valence-corrected chi connectivity index (χ3v) is 4.20. The van der Waals surface area contributed by atoms with Gasteiger partial charge in [-0.05, 0) is 76.7 Å². The van der Waals surface area contributed by atoms with Gasteiger partial charge in [0.25, 0.3) is 0 Å². The fourth-order valence-corrected chi connectivity index (χ4v) is 2.72. The summed E-state index contributed by atoms with van der Waals surface area (Å²) in [6.07, 6.45) is 0. The molecule has 0 bridgehead atoms. The highest BCUT2D eigenvalue weighted by molar-refractivity contribution is 14.1. The summed E-state index contributed by atoms with van der Waals surface area (Å²) in [7, 11) is 0. The quantitative estimate of drug-likeness (QED) is 0.604. The first-order chi connectivity index (χ1) is 10.8. The van der Waals surface area contributed by atoms with Crippen molar-refractivity contribution in [2.45, 2.75) is 6.61 Å². The maximum atomic E-state index is 9.22. The molecule has 3 aromatic carbocycles. The van der Waals surface area contributed by atoms with E-state index in [4.69, 9.17) is 0 Å². The molecule has 0 fully saturated rings. The van der Waals surface area contributed by atoms with Gasteiger partial charge in [-0.1, -0.05) is 30.3 Å². The van der Waals surface area contributed by atoms with Gasteiger partial charge < -0.3 is 10.0 Å². The molecule has 0 saturated heterocycles. The van der Waals surface area contributed by atoms with E-state index in [-0.39, 0.29) is 6.61 Å². The molecule has 0 atom stereocenters. The number of aliphatic hydroxyl groups is 1. The molecular formula is C19H16INO. The predicted molar refractivity (Wildman–Crippen MR) is 99.8 cm³/mol. The van der Waals surface area contributed by atoms with Gasteiger partial charge in [0.05, 0.1) is 6.61 Å². The lowest BCUT2D eigenvalue weighted by molar-refractivity contribution is 0.282. The van der Waals surface area contributed by atoms with Crippen molar-refractivity contribution in [1.29, 1.82) is 0 Å². The summed E-state index contributed by atoms with van der Waals surface area (Å²) >= 11 is 2.31. The molecule has 110 valence electrons. The van der Waals surface area contributed by atoms with E-state index >= 15 is 0 Å². The highest BCUT2D eigenvalue weighted by Crippen LogP contribution is 2.34. The molecule has 0 unspecified atom stereocenters. The minimum absolute atomic E-state index is 0.0646. The Bertz CT molecular complexity index is 724. The maximum absolute atomic E-state index is 9.22. The lowest BCUT2D eigenvalue weighted by Gasteiger charge is -2.25. The molecule has 0 aliphatic carbocycles. The van der Waals surface area contributed by atoms with Gasteiger partial charge in [0.15, 0.2) is 0 Å². The summed E-state index contributed by atoms with van der Waals surface area (Å²) in [4.78, 5) is 2.21. The molecule has 0 aliphatic heterocycles. The number of anilines is 3. The number of para-hydroxylation sites is 1. The second-order valence-electron chi connectivity index (χ2n) is 4.97. The number of rotatable bonds is 4. The summed E-state index contributed by atoms with van der Waals surface area (Å²) in [6, 6.07) is 26.7. The largest absolute Gasteiger partial charge is 0.392 e. The van der Waals surface area contributed by atoms with Crippen molar-refractivity contribution in [2.75, 3.05) is 4.90 Å². The summed E-state index contributed by atoms with van der Waals surface area (Å²) in [5, 5.41) is 9.22. The molecule has 2 nitrogen and oxygen atoms in total. The molecule has 0 aromatic heterocycles. The van der Waals surface area contributed by atoms with E-state index in [0.29, 0.717) is 0 Å². The van der Waals surface area contributed by atoms with Crippen LogP contribution in [-0.2, 0) is 6.61 Å². The van der Waals surface area contributed by atoms with Crippen LogP contribution in [0.3, 0.4) is 0 Å². The lowest BCUT2D eigenvalue weighted by Crippen LogP contribution is -2.09. The van der Waals surface area contributed by atoms with E-state index in [1.165, 1.54) is 3.57 Å². The van der Waals surface area contributed by atoms with Crippen LogP contribution in [-0.4, -0.2) is 5.11 Å². The van der Waals surface area contributed by atoms with E-state index < -0.39 is 0 Å². The second-order valence-corrected chi connectivity index (χ2v) is 6.22. The van der Waals surface area contributed by atoms with Crippen LogP contribution in [0.1, 0.15) is 5.56 Å². The van der Waals surface area contributed by atoms with E-state index in [9.17, 15) is 5.11 Å². The van der Waals surface area contributed by atoms with E-state index in [2.05, 4.69) is 63.9 Å². The molecule has 0 radical (unpaired) electrons. The van der Waals surface area contributed by atoms with Crippen LogP contribution in [0.25, 0.3) is 0 Å². The van der Waals surface area contributed by atoms with Gasteiger partial charge in [-0.3, -0.25) is 0 Å². The van der Waals surface area contributed by atoms with Crippen molar-refractivity contribution in [1.82, 2.24) is 0 Å². The van der Waals surface area contributed by atoms with Crippen LogP contribution in [0.15, 0.2) is 78.9 Å². The molecule has 3 rings (SSSR count). The van der Waals surface area contributed by atoms with Crippen molar-refractivity contribution in [3.8, 4) is 0 Å². The van der Waals surface area contributed by atoms with Crippen LogP contribution in [0, 0.1) is 3.57 Å². The third kappa shape index (κ3) is 3.31. The monoisotopic (exact) mass is 401 g/mol. The number of nitrogens with zero attached hydrogens (tertiary/aromatic N) is 1. The average Bonchev–Trinajstić information content (AvgIpc) is 2.58. The van der Waals surface area contributed by atoms with Gasteiger partial charge >= 0.3 is 0 Å². The van der Waals surface area contributed by atoms with Crippen LogP contribution >= 0.6 is 22.6 Å². The molecule has 0 saturated carbocycles. The summed E-state index contributed by atoms with van der Waals surface area (Å²) < 4.78 is 1.21. The molecule has 0 spiro atoms. The number of benzene rings is 3. The number of aliphatic hydroxyl groups excluding tert-OH is 1. The molecular weight excluding hydrogens is 385 g/mol. The van der Waals surface area contributed by atoms with Gasteiger partial charge in [-0.2, -0.15) is 0 Å². The number of hydrogen-bond acceptors (Lipinski definition) is 2. The molecule has 3 aromatic rings. The highest BCUT2D eigenvalue weighted by Gasteiger charge is 2.11. The Morgan fingerprint density at radius 3 is 1.73 bits per heavy atom. The van der Waals surface area contributed by atoms with E-state index in [1.54, 1.807) is 0 Å². The summed E-state index contributed by atoms with van der Waals surface area (Å²) in [5.41, 5.74) is 4.22. The fourth-order valence-electron chi connectivity index (χ4n) is 2.36. The van der Waals surface area contributed by atoms with Gasteiger partial charge in [0.1, 0.15) is 0 Å². The molecule has 3 heteroatoms. The van der Waals surface area contributed by atoms with Crippen molar-refractivity contribution >= 4 is 39.7 Å². The first-order valence-corrected chi connectivity index (χ1v) is 8.16. The van der Waals surface area contributed by atoms with E-state index in [0.717, 1.165) is 22.6 Å². The van der Waals surface area contributed by atoms with Gasteiger partial charge in [0.2, 0.25) is 0 Å². The van der Waals surface area contributed by atoms with Crippen molar-refractivity contribution in [2.24, 2.45) is 0 Å². The van der Waals surface area contributed by atoms with Crippen LogP contribution < -0.4 is 4.90 Å². The normalized spacial score (nSPS) is 10.5. The molecule has 22 heavy (non-hydrogen) atoms. The average molecular weight is 401 g/mol. The Labute approximate surface area is 144 Å². The molecule has 0 heterocycles. The predicted octanol–water partition coefficient (Wildman–Crippen LogP) is 5.25. The van der Waals surface area contributed by atoms with E-state index in [1.807, 2.05) is 42.5 Å². The lowest BCUT2D eigenvalue weighted by atomic mass is 10.1. The highest BCUT2D eigenvalue weighted by atomic mass is 127. The van der Waals surface area contributed by atoms with Gasteiger partial charge in [0, 0.05) is 20.6 Å². The smallest absolute Gasteiger partial charge is 0.0681 e. The number of halogens is 1. The SMILES string of the molecule is OCc1ccc(N(c2ccccc2)c2ccc(I)cc2)cc1. The van der Waals surface area contributed by atoms with Crippen LogP contribution in [0.5, 0.6) is 0 Å². The first kappa shape index (κ1) is 15.1. The van der Waals surface area contributed by atoms with Crippen molar-refractivity contribution < 1.29 is 5.11 Å². The first-order valence-electron chi connectivity index (χ1n) is 7.08. The zero-order valence-corrected chi connectivity index (χ0v) is 14.1. The van der Waals surface area contributed by atoms with Crippen molar-refractivity contribution in [3.05, 3.63) is 88.0 Å². The molecule has 0 amide bonds. The maximum Gasteiger partial charge on any atom is 0.0681 e. The topological polar surface area (TPSA) is 23.5 Å². The standard InChI is InChI=1S/C19H16INO/c20-16-8-12-19(13-9-16)21(17-4-2-1-3-5-17)18-10-6-15(14-22)7-11-18/h1-13,22H,14H2. The molecule has 1 N–H and O–H groups in total. The Morgan fingerprint density at radius 2 is 1.18 bits per heavy atom. The summed E-state index contributed by atoms with van der Waals surface area (Å²) in [5.74, 6) is 0. The minimum atomic E-state index is 0.0646. The van der Waals surface area contributed by atoms with Crippen molar-refractivity contribution in [3.63, 3.8) is 0 Å².